The Labute approximate surface area is 140 Å². The third kappa shape index (κ3) is 4.07. The van der Waals surface area contributed by atoms with Gasteiger partial charge in [-0.2, -0.15) is 4.98 Å². The number of benzene rings is 2. The Bertz CT molecular complexity index is 848. The van der Waals surface area contributed by atoms with Gasteiger partial charge in [-0.05, 0) is 37.6 Å². The van der Waals surface area contributed by atoms with Gasteiger partial charge in [-0.1, -0.05) is 30.3 Å². The van der Waals surface area contributed by atoms with Crippen LogP contribution in [0.3, 0.4) is 0 Å². The van der Waals surface area contributed by atoms with Crippen molar-refractivity contribution < 1.29 is 4.39 Å². The molecular formula is C19H19FN4. The minimum absolute atomic E-state index is 0.240. The van der Waals surface area contributed by atoms with Crippen molar-refractivity contribution in [2.45, 2.75) is 20.4 Å². The number of rotatable bonds is 5. The summed E-state index contributed by atoms with van der Waals surface area (Å²) in [7, 11) is 0. The smallest absolute Gasteiger partial charge is 0.225 e. The Morgan fingerprint density at radius 2 is 1.79 bits per heavy atom. The van der Waals surface area contributed by atoms with E-state index in [0.717, 1.165) is 11.4 Å². The Hall–Kier alpha value is -2.95. The maximum Gasteiger partial charge on any atom is 0.225 e. The monoisotopic (exact) mass is 322 g/mol. The molecule has 2 N–H and O–H groups in total. The fraction of sp³-hybridized carbons (Fsp3) is 0.158. The second kappa shape index (κ2) is 7.08. The summed E-state index contributed by atoms with van der Waals surface area (Å²) < 4.78 is 13.7. The molecule has 0 amide bonds. The van der Waals surface area contributed by atoms with Crippen molar-refractivity contribution in [3.63, 3.8) is 0 Å². The minimum atomic E-state index is -0.240. The van der Waals surface area contributed by atoms with E-state index in [1.807, 2.05) is 50.2 Å². The number of halogens is 1. The molecule has 0 atom stereocenters. The third-order valence-corrected chi connectivity index (χ3v) is 3.54. The van der Waals surface area contributed by atoms with Crippen molar-refractivity contribution in [2.75, 3.05) is 10.6 Å². The topological polar surface area (TPSA) is 49.8 Å². The van der Waals surface area contributed by atoms with Crippen LogP contribution in [0.5, 0.6) is 0 Å². The average Bonchev–Trinajstić information content (AvgIpc) is 2.53. The Balaban J connectivity index is 1.75. The molecule has 0 unspecified atom stereocenters. The van der Waals surface area contributed by atoms with Crippen LogP contribution in [-0.2, 0) is 6.54 Å². The summed E-state index contributed by atoms with van der Waals surface area (Å²) in [5.74, 6) is 0.924. The standard InChI is InChI=1S/C19H19FN4/c1-13-6-5-8-16(10-13)23-18-11-14(2)22-19(24-18)21-12-15-7-3-4-9-17(15)20/h3-11H,12H2,1-2H3,(H2,21,22,23,24). The molecule has 0 aliphatic heterocycles. The van der Waals surface area contributed by atoms with Gasteiger partial charge in [0.15, 0.2) is 0 Å². The molecule has 0 radical (unpaired) electrons. The van der Waals surface area contributed by atoms with Crippen LogP contribution in [0.15, 0.2) is 54.6 Å². The normalized spacial score (nSPS) is 10.5. The van der Waals surface area contributed by atoms with Crippen LogP contribution in [0.25, 0.3) is 0 Å². The van der Waals surface area contributed by atoms with Gasteiger partial charge in [0, 0.05) is 29.6 Å². The molecule has 1 heterocycles. The van der Waals surface area contributed by atoms with Gasteiger partial charge in [0.05, 0.1) is 0 Å². The first-order chi connectivity index (χ1) is 11.6. The second-order valence-electron chi connectivity index (χ2n) is 5.66. The number of nitrogens with one attached hydrogen (secondary N) is 2. The van der Waals surface area contributed by atoms with E-state index in [1.54, 1.807) is 12.1 Å². The van der Waals surface area contributed by atoms with Crippen molar-refractivity contribution in [1.82, 2.24) is 9.97 Å². The molecule has 0 bridgehead atoms. The zero-order valence-corrected chi connectivity index (χ0v) is 13.7. The highest BCUT2D eigenvalue weighted by Crippen LogP contribution is 2.18. The second-order valence-corrected chi connectivity index (χ2v) is 5.66. The fourth-order valence-corrected chi connectivity index (χ4v) is 2.40. The van der Waals surface area contributed by atoms with Gasteiger partial charge in [-0.3, -0.25) is 0 Å². The fourth-order valence-electron chi connectivity index (χ4n) is 2.40. The summed E-state index contributed by atoms with van der Waals surface area (Å²) >= 11 is 0. The quantitative estimate of drug-likeness (QED) is 0.721. The van der Waals surface area contributed by atoms with Gasteiger partial charge in [-0.25, -0.2) is 9.37 Å². The first kappa shape index (κ1) is 15.9. The summed E-state index contributed by atoms with van der Waals surface area (Å²) in [6, 6.07) is 16.6. The Kier molecular flexibility index (Phi) is 4.70. The molecule has 0 fully saturated rings. The number of aromatic nitrogens is 2. The van der Waals surface area contributed by atoms with Crippen LogP contribution in [0.4, 0.5) is 21.8 Å². The highest BCUT2D eigenvalue weighted by atomic mass is 19.1. The molecule has 0 saturated heterocycles. The molecule has 0 aliphatic carbocycles. The van der Waals surface area contributed by atoms with Crippen LogP contribution in [0.2, 0.25) is 0 Å². The predicted octanol–water partition coefficient (Wildman–Crippen LogP) is 4.59. The lowest BCUT2D eigenvalue weighted by atomic mass is 10.2. The number of nitrogens with zero attached hydrogens (tertiary/aromatic N) is 2. The van der Waals surface area contributed by atoms with Crippen LogP contribution in [0, 0.1) is 19.7 Å². The van der Waals surface area contributed by atoms with Crippen molar-refractivity contribution in [2.24, 2.45) is 0 Å². The first-order valence-electron chi connectivity index (χ1n) is 7.77. The van der Waals surface area contributed by atoms with E-state index in [4.69, 9.17) is 0 Å². The van der Waals surface area contributed by atoms with E-state index in [-0.39, 0.29) is 5.82 Å². The molecule has 1 aromatic heterocycles. The summed E-state index contributed by atoms with van der Waals surface area (Å²) in [6.45, 7) is 4.27. The summed E-state index contributed by atoms with van der Waals surface area (Å²) in [4.78, 5) is 8.80. The van der Waals surface area contributed by atoms with E-state index < -0.39 is 0 Å². The van der Waals surface area contributed by atoms with Crippen molar-refractivity contribution in [1.29, 1.82) is 0 Å². The molecule has 0 aliphatic rings. The SMILES string of the molecule is Cc1cccc(Nc2cc(C)nc(NCc3ccccc3F)n2)c1. The van der Waals surface area contributed by atoms with Gasteiger partial charge in [-0.15, -0.1) is 0 Å². The summed E-state index contributed by atoms with van der Waals surface area (Å²) in [5.41, 5.74) is 3.55. The van der Waals surface area contributed by atoms with E-state index in [0.29, 0.717) is 23.9 Å². The van der Waals surface area contributed by atoms with Gasteiger partial charge >= 0.3 is 0 Å². The van der Waals surface area contributed by atoms with Crippen molar-refractivity contribution in [3.05, 3.63) is 77.2 Å². The number of hydrogen-bond donors (Lipinski definition) is 2. The third-order valence-electron chi connectivity index (χ3n) is 3.54. The van der Waals surface area contributed by atoms with Crippen LogP contribution in [-0.4, -0.2) is 9.97 Å². The van der Waals surface area contributed by atoms with Gasteiger partial charge in [0.2, 0.25) is 5.95 Å². The molecule has 5 heteroatoms. The maximum atomic E-state index is 13.7. The number of hydrogen-bond acceptors (Lipinski definition) is 4. The molecular weight excluding hydrogens is 303 g/mol. The average molecular weight is 322 g/mol. The molecule has 24 heavy (non-hydrogen) atoms. The van der Waals surface area contributed by atoms with Crippen LogP contribution >= 0.6 is 0 Å². The van der Waals surface area contributed by atoms with Crippen molar-refractivity contribution >= 4 is 17.5 Å². The zero-order valence-electron chi connectivity index (χ0n) is 13.7. The van der Waals surface area contributed by atoms with E-state index in [2.05, 4.69) is 20.6 Å². The van der Waals surface area contributed by atoms with Gasteiger partial charge < -0.3 is 10.6 Å². The van der Waals surface area contributed by atoms with E-state index in [9.17, 15) is 4.39 Å². The number of anilines is 3. The Morgan fingerprint density at radius 3 is 2.58 bits per heavy atom. The molecule has 2 aromatic carbocycles. The molecule has 3 aromatic rings. The lowest BCUT2D eigenvalue weighted by Gasteiger charge is -2.11. The lowest BCUT2D eigenvalue weighted by Crippen LogP contribution is -2.07. The lowest BCUT2D eigenvalue weighted by molar-refractivity contribution is 0.612. The van der Waals surface area contributed by atoms with E-state index >= 15 is 0 Å². The Morgan fingerprint density at radius 1 is 0.958 bits per heavy atom. The summed E-state index contributed by atoms with van der Waals surface area (Å²) in [6.07, 6.45) is 0. The minimum Gasteiger partial charge on any atom is -0.350 e. The molecule has 4 nitrogen and oxygen atoms in total. The van der Waals surface area contributed by atoms with Crippen LogP contribution < -0.4 is 10.6 Å². The van der Waals surface area contributed by atoms with Crippen LogP contribution in [0.1, 0.15) is 16.8 Å². The zero-order chi connectivity index (χ0) is 16.9. The maximum absolute atomic E-state index is 13.7. The van der Waals surface area contributed by atoms with Gasteiger partial charge in [0.1, 0.15) is 11.6 Å². The number of aryl methyl sites for hydroxylation is 2. The summed E-state index contributed by atoms with van der Waals surface area (Å²) in [5, 5.41) is 6.35. The highest BCUT2D eigenvalue weighted by molar-refractivity contribution is 5.58. The van der Waals surface area contributed by atoms with E-state index in [1.165, 1.54) is 11.6 Å². The molecule has 0 spiro atoms. The first-order valence-corrected chi connectivity index (χ1v) is 7.77. The molecule has 3 rings (SSSR count). The van der Waals surface area contributed by atoms with Crippen molar-refractivity contribution in [3.8, 4) is 0 Å². The predicted molar refractivity (Wildman–Crippen MR) is 95.0 cm³/mol. The largest absolute Gasteiger partial charge is 0.350 e. The molecule has 0 saturated carbocycles. The highest BCUT2D eigenvalue weighted by Gasteiger charge is 2.05. The molecule has 122 valence electrons. The van der Waals surface area contributed by atoms with Gasteiger partial charge in [0.25, 0.3) is 0 Å².